The number of nitrogens with one attached hydrogen (secondary N) is 1. The van der Waals surface area contributed by atoms with Gasteiger partial charge in [0.15, 0.2) is 5.96 Å². The highest BCUT2D eigenvalue weighted by molar-refractivity contribution is 7.10. The van der Waals surface area contributed by atoms with Gasteiger partial charge in [-0.2, -0.15) is 0 Å². The normalized spacial score (nSPS) is 11.5. The Morgan fingerprint density at radius 1 is 1.28 bits per heavy atom. The molecule has 0 aliphatic heterocycles. The summed E-state index contributed by atoms with van der Waals surface area (Å²) in [4.78, 5) is 5.61. The van der Waals surface area contributed by atoms with Crippen LogP contribution in [0.3, 0.4) is 0 Å². The molecule has 94 valence electrons. The number of aliphatic imine (C=N–C) groups is 1. The molecule has 4 heteroatoms. The summed E-state index contributed by atoms with van der Waals surface area (Å²) in [6.07, 6.45) is 0. The van der Waals surface area contributed by atoms with Crippen molar-refractivity contribution >= 4 is 17.3 Å². The molecule has 18 heavy (non-hydrogen) atoms. The number of hydrogen-bond acceptors (Lipinski definition) is 2. The Morgan fingerprint density at radius 3 is 2.72 bits per heavy atom. The molecule has 0 radical (unpaired) electrons. The molecule has 2 aromatic rings. The smallest absolute Gasteiger partial charge is 0.189 e. The Balaban J connectivity index is 1.85. The van der Waals surface area contributed by atoms with E-state index in [1.165, 1.54) is 10.4 Å². The lowest BCUT2D eigenvalue weighted by atomic mass is 10.2. The summed E-state index contributed by atoms with van der Waals surface area (Å²) in [5.41, 5.74) is 8.29. The van der Waals surface area contributed by atoms with Gasteiger partial charge in [-0.25, -0.2) is 4.99 Å². The van der Waals surface area contributed by atoms with Crippen LogP contribution in [0.5, 0.6) is 0 Å². The SMILES string of the molecule is Cc1ccsc1CNC(N)=NCc1ccccc1. The van der Waals surface area contributed by atoms with Crippen LogP contribution < -0.4 is 11.1 Å². The van der Waals surface area contributed by atoms with Crippen molar-refractivity contribution in [2.75, 3.05) is 0 Å². The predicted molar refractivity (Wildman–Crippen MR) is 77.7 cm³/mol. The van der Waals surface area contributed by atoms with Gasteiger partial charge in [0.2, 0.25) is 0 Å². The van der Waals surface area contributed by atoms with Gasteiger partial charge >= 0.3 is 0 Å². The van der Waals surface area contributed by atoms with E-state index in [-0.39, 0.29) is 0 Å². The Labute approximate surface area is 111 Å². The van der Waals surface area contributed by atoms with Crippen molar-refractivity contribution in [3.05, 3.63) is 57.8 Å². The van der Waals surface area contributed by atoms with E-state index in [2.05, 4.69) is 28.7 Å². The maximum absolute atomic E-state index is 5.83. The largest absolute Gasteiger partial charge is 0.370 e. The van der Waals surface area contributed by atoms with Crippen LogP contribution in [0.15, 0.2) is 46.8 Å². The first kappa shape index (κ1) is 12.6. The van der Waals surface area contributed by atoms with E-state index in [0.717, 1.165) is 12.1 Å². The van der Waals surface area contributed by atoms with Gasteiger partial charge < -0.3 is 11.1 Å². The summed E-state index contributed by atoms with van der Waals surface area (Å²) in [7, 11) is 0. The zero-order valence-corrected chi connectivity index (χ0v) is 11.2. The van der Waals surface area contributed by atoms with Crippen LogP contribution in [0.4, 0.5) is 0 Å². The molecule has 0 saturated carbocycles. The first-order valence-corrected chi connectivity index (χ1v) is 6.74. The third-order valence-electron chi connectivity index (χ3n) is 2.67. The van der Waals surface area contributed by atoms with Gasteiger partial charge in [-0.15, -0.1) is 11.3 Å². The molecule has 3 N–H and O–H groups in total. The van der Waals surface area contributed by atoms with E-state index in [1.54, 1.807) is 11.3 Å². The zero-order chi connectivity index (χ0) is 12.8. The molecule has 0 spiro atoms. The maximum Gasteiger partial charge on any atom is 0.189 e. The van der Waals surface area contributed by atoms with E-state index in [0.29, 0.717) is 12.5 Å². The molecule has 0 fully saturated rings. The van der Waals surface area contributed by atoms with Crippen molar-refractivity contribution in [1.29, 1.82) is 0 Å². The zero-order valence-electron chi connectivity index (χ0n) is 10.4. The summed E-state index contributed by atoms with van der Waals surface area (Å²) in [5.74, 6) is 0.492. The summed E-state index contributed by atoms with van der Waals surface area (Å²) >= 11 is 1.73. The van der Waals surface area contributed by atoms with Crippen molar-refractivity contribution in [2.45, 2.75) is 20.0 Å². The van der Waals surface area contributed by atoms with Gasteiger partial charge in [-0.3, -0.25) is 0 Å². The molecule has 1 aromatic heterocycles. The molecule has 2 rings (SSSR count). The number of guanidine groups is 1. The monoisotopic (exact) mass is 259 g/mol. The van der Waals surface area contributed by atoms with Crippen LogP contribution in [0.1, 0.15) is 16.0 Å². The van der Waals surface area contributed by atoms with Crippen LogP contribution in [0, 0.1) is 6.92 Å². The van der Waals surface area contributed by atoms with Crippen LogP contribution in [-0.2, 0) is 13.1 Å². The van der Waals surface area contributed by atoms with Crippen molar-refractivity contribution < 1.29 is 0 Å². The highest BCUT2D eigenvalue weighted by Gasteiger charge is 1.99. The fourth-order valence-corrected chi connectivity index (χ4v) is 2.42. The van der Waals surface area contributed by atoms with Crippen LogP contribution in [0.2, 0.25) is 0 Å². The minimum atomic E-state index is 0.492. The lowest BCUT2D eigenvalue weighted by Gasteiger charge is -2.05. The quantitative estimate of drug-likeness (QED) is 0.655. The highest BCUT2D eigenvalue weighted by atomic mass is 32.1. The summed E-state index contributed by atoms with van der Waals surface area (Å²) in [6, 6.07) is 12.2. The average Bonchev–Trinajstić information content (AvgIpc) is 2.81. The maximum atomic E-state index is 5.83. The Hall–Kier alpha value is -1.81. The Morgan fingerprint density at radius 2 is 2.06 bits per heavy atom. The second kappa shape index (κ2) is 6.21. The number of thiophene rings is 1. The van der Waals surface area contributed by atoms with E-state index >= 15 is 0 Å². The second-order valence-corrected chi connectivity index (χ2v) is 5.07. The molecule has 0 aliphatic carbocycles. The van der Waals surface area contributed by atoms with E-state index in [9.17, 15) is 0 Å². The van der Waals surface area contributed by atoms with Crippen LogP contribution in [-0.4, -0.2) is 5.96 Å². The third-order valence-corrected chi connectivity index (χ3v) is 3.70. The molecule has 0 unspecified atom stereocenters. The molecular weight excluding hydrogens is 242 g/mol. The number of hydrogen-bond donors (Lipinski definition) is 2. The summed E-state index contributed by atoms with van der Waals surface area (Å²) in [6.45, 7) is 3.46. The van der Waals surface area contributed by atoms with Crippen molar-refractivity contribution in [1.82, 2.24) is 5.32 Å². The molecule has 0 aliphatic rings. The lowest BCUT2D eigenvalue weighted by Crippen LogP contribution is -2.31. The molecule has 0 atom stereocenters. The molecule has 1 aromatic carbocycles. The lowest BCUT2D eigenvalue weighted by molar-refractivity contribution is 0.894. The summed E-state index contributed by atoms with van der Waals surface area (Å²) in [5, 5.41) is 5.22. The first-order chi connectivity index (χ1) is 8.75. The highest BCUT2D eigenvalue weighted by Crippen LogP contribution is 2.14. The Bertz CT molecular complexity index is 517. The fraction of sp³-hybridized carbons (Fsp3) is 0.214. The van der Waals surface area contributed by atoms with Crippen molar-refractivity contribution in [3.8, 4) is 0 Å². The third kappa shape index (κ3) is 3.60. The molecule has 0 amide bonds. The minimum Gasteiger partial charge on any atom is -0.370 e. The number of aryl methyl sites for hydroxylation is 1. The van der Waals surface area contributed by atoms with Gasteiger partial charge in [0.25, 0.3) is 0 Å². The number of benzene rings is 1. The van der Waals surface area contributed by atoms with E-state index in [4.69, 9.17) is 5.73 Å². The first-order valence-electron chi connectivity index (χ1n) is 5.86. The molecular formula is C14H17N3S. The second-order valence-electron chi connectivity index (χ2n) is 4.07. The van der Waals surface area contributed by atoms with E-state index < -0.39 is 0 Å². The number of rotatable bonds is 4. The molecule has 0 saturated heterocycles. The topological polar surface area (TPSA) is 50.4 Å². The van der Waals surface area contributed by atoms with Crippen LogP contribution >= 0.6 is 11.3 Å². The molecule has 3 nitrogen and oxygen atoms in total. The molecule has 1 heterocycles. The molecule has 0 bridgehead atoms. The Kier molecular flexibility index (Phi) is 4.36. The van der Waals surface area contributed by atoms with Crippen molar-refractivity contribution in [3.63, 3.8) is 0 Å². The van der Waals surface area contributed by atoms with Gasteiger partial charge in [0, 0.05) is 4.88 Å². The van der Waals surface area contributed by atoms with E-state index in [1.807, 2.05) is 30.3 Å². The van der Waals surface area contributed by atoms with Crippen molar-refractivity contribution in [2.24, 2.45) is 10.7 Å². The average molecular weight is 259 g/mol. The van der Waals surface area contributed by atoms with Gasteiger partial charge in [0.05, 0.1) is 13.1 Å². The number of nitrogens with zero attached hydrogens (tertiary/aromatic N) is 1. The van der Waals surface area contributed by atoms with Gasteiger partial charge in [-0.05, 0) is 29.5 Å². The van der Waals surface area contributed by atoms with Gasteiger partial charge in [-0.1, -0.05) is 30.3 Å². The fourth-order valence-electron chi connectivity index (χ4n) is 1.57. The van der Waals surface area contributed by atoms with Gasteiger partial charge in [0.1, 0.15) is 0 Å². The predicted octanol–water partition coefficient (Wildman–Crippen LogP) is 2.66. The standard InChI is InChI=1S/C14H17N3S/c1-11-7-8-18-13(11)10-17-14(15)16-9-12-5-3-2-4-6-12/h2-8H,9-10H2,1H3,(H3,15,16,17). The minimum absolute atomic E-state index is 0.492. The van der Waals surface area contributed by atoms with Crippen LogP contribution in [0.25, 0.3) is 0 Å². The summed E-state index contributed by atoms with van der Waals surface area (Å²) < 4.78 is 0. The number of nitrogens with two attached hydrogens (primary N) is 1.